The minimum absolute atomic E-state index is 0.0180. The maximum Gasteiger partial charge on any atom is 0.255 e. The molecule has 1 heterocycles. The molecule has 1 N–H and O–H groups in total. The molecule has 3 heteroatoms. The molecule has 2 aromatic rings. The molecule has 1 amide bonds. The van der Waals surface area contributed by atoms with Gasteiger partial charge in [0.15, 0.2) is 0 Å². The lowest BCUT2D eigenvalue weighted by Gasteiger charge is -2.21. The van der Waals surface area contributed by atoms with Crippen LogP contribution < -0.4 is 5.32 Å². The number of fused-ring (bicyclic) bond motifs is 1. The molecule has 0 atom stereocenters. The lowest BCUT2D eigenvalue weighted by Crippen LogP contribution is -2.30. The number of nitrogens with one attached hydrogen (secondary N) is 1. The van der Waals surface area contributed by atoms with E-state index in [-0.39, 0.29) is 5.91 Å². The second-order valence-electron chi connectivity index (χ2n) is 5.80. The first-order valence-corrected chi connectivity index (χ1v) is 7.51. The van der Waals surface area contributed by atoms with Crippen LogP contribution in [-0.4, -0.2) is 12.5 Å². The molecule has 20 heavy (non-hydrogen) atoms. The van der Waals surface area contributed by atoms with Gasteiger partial charge in [-0.15, -0.1) is 0 Å². The highest BCUT2D eigenvalue weighted by Crippen LogP contribution is 2.24. The summed E-state index contributed by atoms with van der Waals surface area (Å²) in [5.41, 5.74) is 1.34. The van der Waals surface area contributed by atoms with Crippen LogP contribution in [0.3, 0.4) is 0 Å². The molecule has 3 nitrogen and oxygen atoms in total. The third kappa shape index (κ3) is 2.72. The van der Waals surface area contributed by atoms with Crippen LogP contribution in [0.25, 0.3) is 11.0 Å². The number of hydrogen-bond donors (Lipinski definition) is 1. The molecule has 1 aromatic carbocycles. The van der Waals surface area contributed by atoms with Crippen LogP contribution in [0, 0.1) is 12.8 Å². The maximum atomic E-state index is 12.3. The van der Waals surface area contributed by atoms with Crippen molar-refractivity contribution in [1.29, 1.82) is 0 Å². The Bertz CT molecular complexity index is 608. The molecule has 0 radical (unpaired) electrons. The van der Waals surface area contributed by atoms with Crippen molar-refractivity contribution >= 4 is 16.9 Å². The Hall–Kier alpha value is -1.77. The summed E-state index contributed by atoms with van der Waals surface area (Å²) >= 11 is 0. The Morgan fingerprint density at radius 2 is 2.10 bits per heavy atom. The average molecular weight is 271 g/mol. The zero-order chi connectivity index (χ0) is 13.9. The van der Waals surface area contributed by atoms with Gasteiger partial charge in [-0.1, -0.05) is 31.4 Å². The molecule has 3 rings (SSSR count). The predicted molar refractivity (Wildman–Crippen MR) is 79.9 cm³/mol. The normalized spacial score (nSPS) is 16.4. The van der Waals surface area contributed by atoms with Crippen LogP contribution in [-0.2, 0) is 0 Å². The second kappa shape index (κ2) is 5.70. The van der Waals surface area contributed by atoms with Gasteiger partial charge in [0.05, 0.1) is 5.56 Å². The van der Waals surface area contributed by atoms with Crippen molar-refractivity contribution in [3.63, 3.8) is 0 Å². The molecule has 0 unspecified atom stereocenters. The van der Waals surface area contributed by atoms with Crippen molar-refractivity contribution < 1.29 is 9.21 Å². The van der Waals surface area contributed by atoms with Gasteiger partial charge in [-0.25, -0.2) is 0 Å². The monoisotopic (exact) mass is 271 g/mol. The molecule has 0 bridgehead atoms. The van der Waals surface area contributed by atoms with Crippen LogP contribution >= 0.6 is 0 Å². The van der Waals surface area contributed by atoms with E-state index in [9.17, 15) is 4.79 Å². The van der Waals surface area contributed by atoms with E-state index < -0.39 is 0 Å². The molecule has 1 aliphatic carbocycles. The summed E-state index contributed by atoms with van der Waals surface area (Å²) in [6.45, 7) is 2.69. The quantitative estimate of drug-likeness (QED) is 0.915. The zero-order valence-electron chi connectivity index (χ0n) is 11.9. The maximum absolute atomic E-state index is 12.3. The Morgan fingerprint density at radius 1 is 1.30 bits per heavy atom. The van der Waals surface area contributed by atoms with E-state index >= 15 is 0 Å². The number of benzene rings is 1. The molecule has 0 aliphatic heterocycles. The number of amides is 1. The van der Waals surface area contributed by atoms with E-state index in [0.29, 0.717) is 17.1 Å². The highest BCUT2D eigenvalue weighted by Gasteiger charge is 2.17. The first-order valence-electron chi connectivity index (χ1n) is 7.51. The van der Waals surface area contributed by atoms with Crippen LogP contribution in [0.15, 0.2) is 28.7 Å². The van der Waals surface area contributed by atoms with E-state index in [4.69, 9.17) is 4.42 Å². The van der Waals surface area contributed by atoms with Gasteiger partial charge in [0.1, 0.15) is 11.3 Å². The number of para-hydroxylation sites is 1. The molecular weight excluding hydrogens is 250 g/mol. The minimum Gasteiger partial charge on any atom is -0.461 e. The Balaban J connectivity index is 1.71. The van der Waals surface area contributed by atoms with Gasteiger partial charge in [0.2, 0.25) is 0 Å². The summed E-state index contributed by atoms with van der Waals surface area (Å²) in [5.74, 6) is 1.47. The van der Waals surface area contributed by atoms with Crippen molar-refractivity contribution in [3.05, 3.63) is 35.6 Å². The molecule has 1 aromatic heterocycles. The molecular formula is C17H21NO2. The van der Waals surface area contributed by atoms with Gasteiger partial charge < -0.3 is 9.73 Å². The third-order valence-corrected chi connectivity index (χ3v) is 4.19. The number of rotatable bonds is 3. The lowest BCUT2D eigenvalue weighted by atomic mass is 9.89. The predicted octanol–water partition coefficient (Wildman–Crippen LogP) is 4.05. The fourth-order valence-electron chi connectivity index (χ4n) is 3.09. The summed E-state index contributed by atoms with van der Waals surface area (Å²) in [5, 5.41) is 4.06. The minimum atomic E-state index is -0.0180. The highest BCUT2D eigenvalue weighted by atomic mass is 16.3. The molecule has 1 saturated carbocycles. The summed E-state index contributed by atoms with van der Waals surface area (Å²) < 4.78 is 5.65. The Kier molecular flexibility index (Phi) is 3.77. The van der Waals surface area contributed by atoms with E-state index in [1.165, 1.54) is 32.1 Å². The standard InChI is InChI=1S/C17H21NO2/c1-12-10-14-8-5-9-15(16(14)20-12)17(19)18-11-13-6-3-2-4-7-13/h5,8-10,13H,2-4,6-7,11H2,1H3,(H,18,19). The molecule has 0 spiro atoms. The van der Waals surface area contributed by atoms with E-state index in [1.807, 2.05) is 31.2 Å². The van der Waals surface area contributed by atoms with Gasteiger partial charge in [-0.2, -0.15) is 0 Å². The van der Waals surface area contributed by atoms with Gasteiger partial charge in [0, 0.05) is 11.9 Å². The van der Waals surface area contributed by atoms with Gasteiger partial charge in [0.25, 0.3) is 5.91 Å². The van der Waals surface area contributed by atoms with Crippen molar-refractivity contribution in [2.45, 2.75) is 39.0 Å². The van der Waals surface area contributed by atoms with E-state index in [1.54, 1.807) is 0 Å². The van der Waals surface area contributed by atoms with E-state index in [0.717, 1.165) is 17.7 Å². The van der Waals surface area contributed by atoms with Crippen LogP contribution in [0.5, 0.6) is 0 Å². The Labute approximate surface area is 119 Å². The lowest BCUT2D eigenvalue weighted by molar-refractivity contribution is 0.0944. The van der Waals surface area contributed by atoms with Crippen LogP contribution in [0.4, 0.5) is 0 Å². The number of hydrogen-bond acceptors (Lipinski definition) is 2. The molecule has 1 fully saturated rings. The first-order chi connectivity index (χ1) is 9.74. The zero-order valence-corrected chi connectivity index (χ0v) is 11.9. The number of carbonyl (C=O) groups excluding carboxylic acids is 1. The highest BCUT2D eigenvalue weighted by molar-refractivity contribution is 6.04. The smallest absolute Gasteiger partial charge is 0.255 e. The van der Waals surface area contributed by atoms with Crippen molar-refractivity contribution in [2.24, 2.45) is 5.92 Å². The molecule has 1 aliphatic rings. The fourth-order valence-corrected chi connectivity index (χ4v) is 3.09. The number of furan rings is 1. The Morgan fingerprint density at radius 3 is 2.90 bits per heavy atom. The van der Waals surface area contributed by atoms with Crippen LogP contribution in [0.1, 0.15) is 48.2 Å². The van der Waals surface area contributed by atoms with E-state index in [2.05, 4.69) is 5.32 Å². The third-order valence-electron chi connectivity index (χ3n) is 4.19. The second-order valence-corrected chi connectivity index (χ2v) is 5.80. The SMILES string of the molecule is Cc1cc2cccc(C(=O)NCC3CCCCC3)c2o1. The summed E-state index contributed by atoms with van der Waals surface area (Å²) in [6.07, 6.45) is 6.42. The largest absolute Gasteiger partial charge is 0.461 e. The summed E-state index contributed by atoms with van der Waals surface area (Å²) in [4.78, 5) is 12.3. The van der Waals surface area contributed by atoms with Gasteiger partial charge in [-0.05, 0) is 37.8 Å². The number of carbonyl (C=O) groups is 1. The molecule has 0 saturated heterocycles. The van der Waals surface area contributed by atoms with Crippen molar-refractivity contribution in [3.8, 4) is 0 Å². The topological polar surface area (TPSA) is 42.2 Å². The summed E-state index contributed by atoms with van der Waals surface area (Å²) in [6, 6.07) is 7.69. The number of aryl methyl sites for hydroxylation is 1. The van der Waals surface area contributed by atoms with Gasteiger partial charge >= 0.3 is 0 Å². The van der Waals surface area contributed by atoms with Gasteiger partial charge in [-0.3, -0.25) is 4.79 Å². The average Bonchev–Trinajstić information content (AvgIpc) is 2.85. The van der Waals surface area contributed by atoms with Crippen molar-refractivity contribution in [1.82, 2.24) is 5.32 Å². The summed E-state index contributed by atoms with van der Waals surface area (Å²) in [7, 11) is 0. The van der Waals surface area contributed by atoms with Crippen molar-refractivity contribution in [2.75, 3.05) is 6.54 Å². The molecule has 106 valence electrons. The van der Waals surface area contributed by atoms with Crippen LogP contribution in [0.2, 0.25) is 0 Å². The fraction of sp³-hybridized carbons (Fsp3) is 0.471. The first kappa shape index (κ1) is 13.2.